The minimum atomic E-state index is -0.0705. The van der Waals surface area contributed by atoms with E-state index in [9.17, 15) is 9.59 Å². The Morgan fingerprint density at radius 1 is 1.23 bits per heavy atom. The molecule has 6 rings (SSSR count). The molecule has 1 aromatic carbocycles. The number of carbonyl (C=O) groups is 2. The van der Waals surface area contributed by atoms with Gasteiger partial charge in [0.05, 0.1) is 11.2 Å². The van der Waals surface area contributed by atoms with Crippen molar-refractivity contribution in [2.75, 3.05) is 19.6 Å². The number of benzene rings is 1. The number of urea groups is 1. The van der Waals surface area contributed by atoms with Crippen LogP contribution < -0.4 is 10.6 Å². The quantitative estimate of drug-likeness (QED) is 0.669. The summed E-state index contributed by atoms with van der Waals surface area (Å²) in [7, 11) is 0. The molecule has 1 unspecified atom stereocenters. The summed E-state index contributed by atoms with van der Waals surface area (Å²) in [5.41, 5.74) is 4.11. The number of aromatic nitrogens is 3. The van der Waals surface area contributed by atoms with Crippen LogP contribution in [0.3, 0.4) is 0 Å². The van der Waals surface area contributed by atoms with Crippen molar-refractivity contribution in [1.82, 2.24) is 30.3 Å². The smallest absolute Gasteiger partial charge is 0.317 e. The third kappa shape index (κ3) is 3.05. The van der Waals surface area contributed by atoms with Crippen LogP contribution in [0.5, 0.6) is 0 Å². The SMILES string of the molecule is O=C1CC(NC(=O)N2CC3(CCn4nc(-c5cnc6ccccc6c5)cc43)C2)CCN1. The summed E-state index contributed by atoms with van der Waals surface area (Å²) in [5, 5.41) is 11.8. The monoisotopic (exact) mass is 416 g/mol. The maximum Gasteiger partial charge on any atom is 0.317 e. The van der Waals surface area contributed by atoms with Gasteiger partial charge in [-0.1, -0.05) is 18.2 Å². The normalized spacial score (nSPS) is 21.6. The molecule has 3 aromatic rings. The highest BCUT2D eigenvalue weighted by Crippen LogP contribution is 2.43. The number of para-hydroxylation sites is 1. The topological polar surface area (TPSA) is 92.2 Å². The summed E-state index contributed by atoms with van der Waals surface area (Å²) in [6, 6.07) is 12.2. The lowest BCUT2D eigenvalue weighted by Gasteiger charge is -2.47. The van der Waals surface area contributed by atoms with Crippen LogP contribution in [0.4, 0.5) is 4.79 Å². The number of amides is 3. The van der Waals surface area contributed by atoms with E-state index in [4.69, 9.17) is 5.10 Å². The molecule has 0 saturated carbocycles. The highest BCUT2D eigenvalue weighted by atomic mass is 16.2. The predicted molar refractivity (Wildman–Crippen MR) is 115 cm³/mol. The maximum atomic E-state index is 12.7. The molecule has 5 heterocycles. The van der Waals surface area contributed by atoms with E-state index < -0.39 is 0 Å². The lowest BCUT2D eigenvalue weighted by molar-refractivity contribution is -0.122. The standard InChI is InChI=1S/C23H24N6O2/c30-21-10-17(5-7-24-21)26-22(31)28-13-23(14-28)6-8-29-20(23)11-19(27-29)16-9-15-3-1-2-4-18(15)25-12-16/h1-4,9,11-12,17H,5-8,10,13-14H2,(H,24,30)(H,26,31). The van der Waals surface area contributed by atoms with E-state index in [1.165, 1.54) is 5.69 Å². The summed E-state index contributed by atoms with van der Waals surface area (Å²) < 4.78 is 2.09. The molecular weight excluding hydrogens is 392 g/mol. The summed E-state index contributed by atoms with van der Waals surface area (Å²) >= 11 is 0. The van der Waals surface area contributed by atoms with E-state index in [1.807, 2.05) is 29.3 Å². The number of hydrogen-bond donors (Lipinski definition) is 2. The average Bonchev–Trinajstić information content (AvgIpc) is 3.32. The summed E-state index contributed by atoms with van der Waals surface area (Å²) in [5.74, 6) is 0.00651. The van der Waals surface area contributed by atoms with Crippen molar-refractivity contribution < 1.29 is 9.59 Å². The van der Waals surface area contributed by atoms with Gasteiger partial charge in [-0.3, -0.25) is 14.5 Å². The molecule has 3 aliphatic rings. The van der Waals surface area contributed by atoms with E-state index in [2.05, 4.69) is 38.5 Å². The lowest BCUT2D eigenvalue weighted by atomic mass is 9.76. The number of likely N-dealkylation sites (tertiary alicyclic amines) is 1. The van der Waals surface area contributed by atoms with Gasteiger partial charge in [0.2, 0.25) is 5.91 Å². The number of nitrogens with one attached hydrogen (secondary N) is 2. The van der Waals surface area contributed by atoms with Crippen molar-refractivity contribution in [2.24, 2.45) is 0 Å². The zero-order valence-corrected chi connectivity index (χ0v) is 17.2. The van der Waals surface area contributed by atoms with Crippen LogP contribution >= 0.6 is 0 Å². The lowest BCUT2D eigenvalue weighted by Crippen LogP contribution is -2.63. The van der Waals surface area contributed by atoms with Gasteiger partial charge in [0.25, 0.3) is 0 Å². The third-order valence-corrected chi connectivity index (χ3v) is 6.86. The van der Waals surface area contributed by atoms with Crippen molar-refractivity contribution in [1.29, 1.82) is 0 Å². The van der Waals surface area contributed by atoms with E-state index >= 15 is 0 Å². The van der Waals surface area contributed by atoms with Gasteiger partial charge in [-0.2, -0.15) is 5.10 Å². The van der Waals surface area contributed by atoms with Crippen LogP contribution in [0.1, 0.15) is 25.0 Å². The number of hydrogen-bond acceptors (Lipinski definition) is 4. The van der Waals surface area contributed by atoms with Crippen molar-refractivity contribution in [3.63, 3.8) is 0 Å². The summed E-state index contributed by atoms with van der Waals surface area (Å²) in [4.78, 5) is 30.6. The Morgan fingerprint density at radius 3 is 2.97 bits per heavy atom. The Bertz CT molecular complexity index is 1200. The van der Waals surface area contributed by atoms with Crippen LogP contribution in [0.25, 0.3) is 22.2 Å². The largest absolute Gasteiger partial charge is 0.356 e. The van der Waals surface area contributed by atoms with E-state index in [0.717, 1.165) is 41.5 Å². The molecule has 0 radical (unpaired) electrons. The van der Waals surface area contributed by atoms with Crippen molar-refractivity contribution >= 4 is 22.8 Å². The molecule has 0 aliphatic carbocycles. The first-order valence-electron chi connectivity index (χ1n) is 10.9. The first-order valence-corrected chi connectivity index (χ1v) is 10.9. The Labute approximate surface area is 179 Å². The highest BCUT2D eigenvalue weighted by Gasteiger charge is 2.51. The number of carbonyl (C=O) groups excluding carboxylic acids is 2. The fourth-order valence-corrected chi connectivity index (χ4v) is 5.14. The second kappa shape index (κ2) is 6.80. The van der Waals surface area contributed by atoms with Crippen molar-refractivity contribution in [3.8, 4) is 11.3 Å². The molecule has 3 aliphatic heterocycles. The van der Waals surface area contributed by atoms with E-state index in [1.54, 1.807) is 0 Å². The Balaban J connectivity index is 1.18. The number of pyridine rings is 1. The zero-order valence-electron chi connectivity index (χ0n) is 17.2. The number of piperidine rings is 1. The number of nitrogens with zero attached hydrogens (tertiary/aromatic N) is 4. The van der Waals surface area contributed by atoms with Crippen LogP contribution in [-0.4, -0.2) is 57.3 Å². The fourth-order valence-electron chi connectivity index (χ4n) is 5.14. The van der Waals surface area contributed by atoms with Gasteiger partial charge in [-0.05, 0) is 31.0 Å². The molecule has 0 bridgehead atoms. The fraction of sp³-hybridized carbons (Fsp3) is 0.391. The van der Waals surface area contributed by atoms with Crippen LogP contribution in [0.15, 0.2) is 42.6 Å². The summed E-state index contributed by atoms with van der Waals surface area (Å²) in [6.45, 7) is 2.88. The first-order chi connectivity index (χ1) is 15.1. The first kappa shape index (κ1) is 18.4. The van der Waals surface area contributed by atoms with Gasteiger partial charge >= 0.3 is 6.03 Å². The average molecular weight is 416 g/mol. The Kier molecular flexibility index (Phi) is 4.03. The molecule has 8 nitrogen and oxygen atoms in total. The van der Waals surface area contributed by atoms with E-state index in [0.29, 0.717) is 26.1 Å². The van der Waals surface area contributed by atoms with Crippen molar-refractivity contribution in [3.05, 3.63) is 48.3 Å². The third-order valence-electron chi connectivity index (χ3n) is 6.86. The molecule has 158 valence electrons. The second-order valence-electron chi connectivity index (χ2n) is 8.93. The van der Waals surface area contributed by atoms with Gasteiger partial charge in [0.1, 0.15) is 0 Å². The van der Waals surface area contributed by atoms with Crippen LogP contribution in [0, 0.1) is 0 Å². The minimum Gasteiger partial charge on any atom is -0.356 e. The predicted octanol–water partition coefficient (Wildman–Crippen LogP) is 2.04. The highest BCUT2D eigenvalue weighted by molar-refractivity contribution is 5.83. The zero-order chi connectivity index (χ0) is 21.0. The van der Waals surface area contributed by atoms with Gasteiger partial charge in [0, 0.05) is 66.9 Å². The Hall–Kier alpha value is -3.42. The minimum absolute atomic E-state index is 0.00651. The molecular formula is C23H24N6O2. The van der Waals surface area contributed by atoms with Gasteiger partial charge in [0.15, 0.2) is 0 Å². The molecule has 1 atom stereocenters. The molecule has 2 saturated heterocycles. The van der Waals surface area contributed by atoms with Crippen LogP contribution in [-0.2, 0) is 16.8 Å². The second-order valence-corrected chi connectivity index (χ2v) is 8.93. The van der Waals surface area contributed by atoms with Gasteiger partial charge in [-0.15, -0.1) is 0 Å². The van der Waals surface area contributed by atoms with Gasteiger partial charge in [-0.25, -0.2) is 4.79 Å². The summed E-state index contributed by atoms with van der Waals surface area (Å²) in [6.07, 6.45) is 4.03. The van der Waals surface area contributed by atoms with Crippen LogP contribution in [0.2, 0.25) is 0 Å². The molecule has 2 fully saturated rings. The molecule has 3 amide bonds. The molecule has 2 aromatic heterocycles. The van der Waals surface area contributed by atoms with E-state index in [-0.39, 0.29) is 23.4 Å². The maximum absolute atomic E-state index is 12.7. The molecule has 8 heteroatoms. The molecule has 2 N–H and O–H groups in total. The molecule has 31 heavy (non-hydrogen) atoms. The Morgan fingerprint density at radius 2 is 2.10 bits per heavy atom. The van der Waals surface area contributed by atoms with Gasteiger partial charge < -0.3 is 15.5 Å². The number of rotatable bonds is 2. The number of fused-ring (bicyclic) bond motifs is 3. The molecule has 1 spiro atoms. The van der Waals surface area contributed by atoms with Crippen molar-refractivity contribution in [2.45, 2.75) is 37.3 Å². The number of aryl methyl sites for hydroxylation is 1.